The Morgan fingerprint density at radius 2 is 1.88 bits per heavy atom. The molecule has 132 valence electrons. The Balaban J connectivity index is 2.34. The van der Waals surface area contributed by atoms with E-state index >= 15 is 0 Å². The van der Waals surface area contributed by atoms with Crippen molar-refractivity contribution in [1.29, 1.82) is 0 Å². The molecule has 0 bridgehead atoms. The number of aryl methyl sites for hydroxylation is 1. The number of hydrogen-bond acceptors (Lipinski definition) is 5. The molecule has 2 rings (SSSR count). The van der Waals surface area contributed by atoms with Gasteiger partial charge in [-0.2, -0.15) is 0 Å². The second-order valence-electron chi connectivity index (χ2n) is 5.94. The van der Waals surface area contributed by atoms with E-state index in [4.69, 9.17) is 9.84 Å². The number of hydrogen-bond donors (Lipinski definition) is 2. The Morgan fingerprint density at radius 3 is 2.48 bits per heavy atom. The van der Waals surface area contributed by atoms with Gasteiger partial charge in [-0.05, 0) is 32.6 Å². The maximum Gasteiger partial charge on any atom is 0.354 e. The number of carbonyl (C=O) groups excluding carboxylic acids is 1. The fraction of sp³-hybridized carbons (Fsp3) is 0.278. The lowest BCUT2D eigenvalue weighted by atomic mass is 10.1. The number of carboxylic acid groups (broad SMARTS) is 1. The molecule has 1 aromatic carbocycles. The highest BCUT2D eigenvalue weighted by atomic mass is 16.5. The number of amides is 1. The Morgan fingerprint density at radius 1 is 1.20 bits per heavy atom. The molecule has 0 unspecified atom stereocenters. The van der Waals surface area contributed by atoms with Crippen LogP contribution in [0.3, 0.4) is 0 Å². The quantitative estimate of drug-likeness (QED) is 0.837. The van der Waals surface area contributed by atoms with E-state index in [1.165, 1.54) is 19.2 Å². The lowest BCUT2D eigenvalue weighted by Gasteiger charge is -2.16. The topological polar surface area (TPSA) is 91.8 Å². The van der Waals surface area contributed by atoms with Crippen molar-refractivity contribution >= 4 is 17.6 Å². The number of methoxy groups -OCH3 is 1. The smallest absolute Gasteiger partial charge is 0.354 e. The van der Waals surface area contributed by atoms with Gasteiger partial charge in [-0.15, -0.1) is 0 Å². The van der Waals surface area contributed by atoms with Gasteiger partial charge in [-0.3, -0.25) is 4.79 Å². The van der Waals surface area contributed by atoms with Gasteiger partial charge in [0.25, 0.3) is 5.91 Å². The number of pyridine rings is 1. The third-order valence-corrected chi connectivity index (χ3v) is 3.48. The van der Waals surface area contributed by atoms with E-state index in [9.17, 15) is 9.59 Å². The second kappa shape index (κ2) is 7.76. The van der Waals surface area contributed by atoms with E-state index in [0.717, 1.165) is 11.1 Å². The summed E-state index contributed by atoms with van der Waals surface area (Å²) in [5.74, 6) is -1.46. The van der Waals surface area contributed by atoms with E-state index < -0.39 is 11.9 Å². The van der Waals surface area contributed by atoms with Crippen molar-refractivity contribution in [2.24, 2.45) is 0 Å². The predicted octanol–water partition coefficient (Wildman–Crippen LogP) is 2.41. The van der Waals surface area contributed by atoms with Crippen LogP contribution < -0.4 is 10.1 Å². The molecule has 1 heterocycles. The number of nitrogens with one attached hydrogen (secondary N) is 1. The number of benzene rings is 1. The van der Waals surface area contributed by atoms with E-state index in [1.54, 1.807) is 0 Å². The summed E-state index contributed by atoms with van der Waals surface area (Å²) in [7, 11) is 5.28. The van der Waals surface area contributed by atoms with Crippen LogP contribution in [-0.2, 0) is 6.54 Å². The molecule has 0 saturated carbocycles. The first-order valence-electron chi connectivity index (χ1n) is 7.65. The van der Waals surface area contributed by atoms with Gasteiger partial charge in [0.1, 0.15) is 11.4 Å². The monoisotopic (exact) mass is 343 g/mol. The minimum Gasteiger partial charge on any atom is -0.497 e. The average molecular weight is 343 g/mol. The van der Waals surface area contributed by atoms with Crippen molar-refractivity contribution < 1.29 is 19.4 Å². The first-order chi connectivity index (χ1) is 11.8. The van der Waals surface area contributed by atoms with Crippen molar-refractivity contribution in [2.75, 3.05) is 26.5 Å². The van der Waals surface area contributed by atoms with E-state index in [-0.39, 0.29) is 17.1 Å². The van der Waals surface area contributed by atoms with Crippen molar-refractivity contribution in [2.45, 2.75) is 13.5 Å². The van der Waals surface area contributed by atoms with Crippen molar-refractivity contribution in [3.05, 3.63) is 52.8 Å². The summed E-state index contributed by atoms with van der Waals surface area (Å²) in [5.41, 5.74) is 2.43. The minimum absolute atomic E-state index is 0.0203. The van der Waals surface area contributed by atoms with Crippen LogP contribution in [0.4, 0.5) is 5.69 Å². The zero-order valence-corrected chi connectivity index (χ0v) is 14.7. The molecule has 25 heavy (non-hydrogen) atoms. The van der Waals surface area contributed by atoms with Crippen molar-refractivity contribution in [1.82, 2.24) is 9.88 Å². The highest BCUT2D eigenvalue weighted by Gasteiger charge is 2.16. The Bertz CT molecular complexity index is 803. The molecule has 0 aliphatic heterocycles. The summed E-state index contributed by atoms with van der Waals surface area (Å²) in [6.07, 6.45) is 0. The highest BCUT2D eigenvalue weighted by Crippen LogP contribution is 2.21. The molecular weight excluding hydrogens is 322 g/mol. The predicted molar refractivity (Wildman–Crippen MR) is 94.3 cm³/mol. The molecule has 0 spiro atoms. The van der Waals surface area contributed by atoms with Crippen LogP contribution in [0.15, 0.2) is 30.3 Å². The highest BCUT2D eigenvalue weighted by molar-refractivity contribution is 6.04. The van der Waals surface area contributed by atoms with Gasteiger partial charge in [0.15, 0.2) is 5.69 Å². The minimum atomic E-state index is -1.23. The fourth-order valence-electron chi connectivity index (χ4n) is 2.35. The lowest BCUT2D eigenvalue weighted by molar-refractivity contribution is 0.0690. The molecule has 7 heteroatoms. The first-order valence-corrected chi connectivity index (χ1v) is 7.65. The molecule has 1 aromatic heterocycles. The number of carbonyl (C=O) groups is 2. The van der Waals surface area contributed by atoms with Crippen LogP contribution in [0.2, 0.25) is 0 Å². The number of aromatic carboxylic acids is 1. The van der Waals surface area contributed by atoms with Gasteiger partial charge in [0.05, 0.1) is 7.11 Å². The van der Waals surface area contributed by atoms with Crippen LogP contribution >= 0.6 is 0 Å². The third-order valence-electron chi connectivity index (χ3n) is 3.48. The Kier molecular flexibility index (Phi) is 5.71. The number of rotatable bonds is 6. The summed E-state index contributed by atoms with van der Waals surface area (Å²) in [6, 6.07) is 8.39. The molecule has 0 fully saturated rings. The SMILES string of the molecule is COc1cc(C(=O)O)nc(C(=O)Nc2ccc(C)cc2CN(C)C)c1. The van der Waals surface area contributed by atoms with Crippen LogP contribution in [-0.4, -0.2) is 48.1 Å². The van der Waals surface area contributed by atoms with Crippen LogP contribution in [0.1, 0.15) is 32.1 Å². The molecule has 0 saturated heterocycles. The second-order valence-corrected chi connectivity index (χ2v) is 5.94. The van der Waals surface area contributed by atoms with Crippen LogP contribution in [0.5, 0.6) is 5.75 Å². The summed E-state index contributed by atoms with van der Waals surface area (Å²) >= 11 is 0. The molecule has 0 atom stereocenters. The zero-order chi connectivity index (χ0) is 18.6. The van der Waals surface area contributed by atoms with Gasteiger partial charge in [-0.25, -0.2) is 9.78 Å². The average Bonchev–Trinajstić information content (AvgIpc) is 2.56. The molecule has 1 amide bonds. The maximum atomic E-state index is 12.5. The standard InChI is InChI=1S/C18H21N3O4/c1-11-5-6-14(12(7-11)10-21(2)3)20-17(22)15-8-13(25-4)9-16(19-15)18(23)24/h5-9H,10H2,1-4H3,(H,20,22)(H,23,24). The number of carboxylic acids is 1. The Hall–Kier alpha value is -2.93. The molecule has 2 N–H and O–H groups in total. The summed E-state index contributed by atoms with van der Waals surface area (Å²) in [5, 5.41) is 11.9. The van der Waals surface area contributed by atoms with E-state index in [1.807, 2.05) is 44.1 Å². The molecule has 0 aliphatic carbocycles. The van der Waals surface area contributed by atoms with Crippen LogP contribution in [0.25, 0.3) is 0 Å². The molecule has 0 radical (unpaired) electrons. The number of anilines is 1. The number of ether oxygens (including phenoxy) is 1. The largest absolute Gasteiger partial charge is 0.497 e. The van der Waals surface area contributed by atoms with E-state index in [2.05, 4.69) is 10.3 Å². The van der Waals surface area contributed by atoms with Gasteiger partial charge >= 0.3 is 5.97 Å². The Labute approximate surface area is 146 Å². The molecular formula is C18H21N3O4. The van der Waals surface area contributed by atoms with E-state index in [0.29, 0.717) is 12.2 Å². The number of aromatic nitrogens is 1. The van der Waals surface area contributed by atoms with Crippen molar-refractivity contribution in [3.63, 3.8) is 0 Å². The van der Waals surface area contributed by atoms with Crippen LogP contribution in [0, 0.1) is 6.92 Å². The van der Waals surface area contributed by atoms with Gasteiger partial charge in [-0.1, -0.05) is 17.7 Å². The fourth-order valence-corrected chi connectivity index (χ4v) is 2.35. The third kappa shape index (κ3) is 4.77. The molecule has 7 nitrogen and oxygen atoms in total. The number of nitrogens with zero attached hydrogens (tertiary/aromatic N) is 2. The van der Waals surface area contributed by atoms with Gasteiger partial charge < -0.3 is 20.1 Å². The lowest BCUT2D eigenvalue weighted by Crippen LogP contribution is -2.19. The zero-order valence-electron chi connectivity index (χ0n) is 14.7. The van der Waals surface area contributed by atoms with Crippen molar-refractivity contribution in [3.8, 4) is 5.75 Å². The maximum absolute atomic E-state index is 12.5. The summed E-state index contributed by atoms with van der Waals surface area (Å²) in [6.45, 7) is 2.64. The molecule has 2 aromatic rings. The first kappa shape index (κ1) is 18.4. The van der Waals surface area contributed by atoms with Gasteiger partial charge in [0.2, 0.25) is 0 Å². The normalized spacial score (nSPS) is 10.6. The van der Waals surface area contributed by atoms with Gasteiger partial charge in [0, 0.05) is 24.4 Å². The summed E-state index contributed by atoms with van der Waals surface area (Å²) < 4.78 is 5.05. The molecule has 0 aliphatic rings. The summed E-state index contributed by atoms with van der Waals surface area (Å²) in [4.78, 5) is 29.6.